The van der Waals surface area contributed by atoms with Gasteiger partial charge in [-0.25, -0.2) is 14.8 Å². The average Bonchev–Trinajstić information content (AvgIpc) is 3.04. The molecule has 0 unspecified atom stereocenters. The maximum Gasteiger partial charge on any atom is 0.446 e. The van der Waals surface area contributed by atoms with Crippen LogP contribution < -0.4 is 9.64 Å². The van der Waals surface area contributed by atoms with Gasteiger partial charge in [-0.05, 0) is 50.7 Å². The molecule has 1 aromatic carbocycles. The number of methoxy groups -OCH3 is 1. The van der Waals surface area contributed by atoms with Crippen molar-refractivity contribution in [1.82, 2.24) is 4.90 Å². The van der Waals surface area contributed by atoms with E-state index < -0.39 is 17.8 Å². The fourth-order valence-electron chi connectivity index (χ4n) is 3.08. The molecule has 1 atom stereocenters. The summed E-state index contributed by atoms with van der Waals surface area (Å²) in [6.45, 7) is 6.68. The molecule has 0 saturated heterocycles. The molecule has 0 amide bonds. The fraction of sp³-hybridized carbons (Fsp3) is 0.500. The molecule has 2 heterocycles. The van der Waals surface area contributed by atoms with Gasteiger partial charge in [-0.15, -0.1) is 0 Å². The molecule has 1 aromatic rings. The molecule has 2 aliphatic heterocycles. The first-order chi connectivity index (χ1) is 13.7. The van der Waals surface area contributed by atoms with E-state index in [0.29, 0.717) is 36.0 Å². The number of guanidine groups is 1. The Morgan fingerprint density at radius 3 is 2.48 bits per heavy atom. The Kier molecular flexibility index (Phi) is 5.70. The number of aliphatic imine (C=N–C) groups is 2. The lowest BCUT2D eigenvalue weighted by Gasteiger charge is -2.37. The van der Waals surface area contributed by atoms with Gasteiger partial charge in [0.15, 0.2) is 5.17 Å². The summed E-state index contributed by atoms with van der Waals surface area (Å²) >= 11 is 1.03. The Morgan fingerprint density at radius 1 is 1.24 bits per heavy atom. The monoisotopic (exact) mass is 430 g/mol. The number of benzene rings is 1. The first kappa shape index (κ1) is 21.3. The van der Waals surface area contributed by atoms with Gasteiger partial charge in [0.25, 0.3) is 0 Å². The standard InChI is InChI=1S/C18H21F3N4O3S/c1-5-24(6-2)15-22-17(14(26)27-4,18(19,20)21)23-16-25(15)12-9-8-11(28-7-3)10-13(12)29-16/h8-10H,5-7H2,1-4H3/t17-/m1/s1. The van der Waals surface area contributed by atoms with E-state index in [1.54, 1.807) is 36.9 Å². The summed E-state index contributed by atoms with van der Waals surface area (Å²) in [5.41, 5.74) is -2.72. The number of anilines is 1. The molecular weight excluding hydrogens is 409 g/mol. The minimum absolute atomic E-state index is 0.00173. The van der Waals surface area contributed by atoms with Crippen molar-refractivity contribution in [2.75, 3.05) is 31.7 Å². The Bertz CT molecular complexity index is 870. The summed E-state index contributed by atoms with van der Waals surface area (Å²) in [4.78, 5) is 23.7. The smallest absolute Gasteiger partial charge is 0.446 e. The number of nitrogens with zero attached hydrogens (tertiary/aromatic N) is 4. The summed E-state index contributed by atoms with van der Waals surface area (Å²) < 4.78 is 52.1. The van der Waals surface area contributed by atoms with E-state index in [2.05, 4.69) is 14.7 Å². The molecule has 11 heteroatoms. The third-order valence-corrected chi connectivity index (χ3v) is 5.51. The lowest BCUT2D eigenvalue weighted by atomic mass is 10.1. The highest BCUT2D eigenvalue weighted by atomic mass is 32.2. The first-order valence-corrected chi connectivity index (χ1v) is 9.88. The van der Waals surface area contributed by atoms with Crippen LogP contribution in [0.1, 0.15) is 20.8 Å². The highest BCUT2D eigenvalue weighted by Crippen LogP contribution is 2.48. The number of hydrogen-bond acceptors (Lipinski definition) is 8. The van der Waals surface area contributed by atoms with Crippen LogP contribution in [0.25, 0.3) is 0 Å². The summed E-state index contributed by atoms with van der Waals surface area (Å²) in [5, 5.41) is 0.00766. The van der Waals surface area contributed by atoms with Gasteiger partial charge >= 0.3 is 17.8 Å². The van der Waals surface area contributed by atoms with E-state index in [9.17, 15) is 18.0 Å². The number of hydrogen-bond donors (Lipinski definition) is 0. The van der Waals surface area contributed by atoms with E-state index in [-0.39, 0.29) is 11.1 Å². The summed E-state index contributed by atoms with van der Waals surface area (Å²) in [5.74, 6) is -0.984. The van der Waals surface area contributed by atoms with Crippen molar-refractivity contribution in [3.8, 4) is 5.75 Å². The van der Waals surface area contributed by atoms with Crippen molar-refractivity contribution in [3.63, 3.8) is 0 Å². The summed E-state index contributed by atoms with van der Waals surface area (Å²) in [6, 6.07) is 5.21. The molecule has 0 aromatic heterocycles. The number of fused-ring (bicyclic) bond motifs is 3. The first-order valence-electron chi connectivity index (χ1n) is 9.07. The van der Waals surface area contributed by atoms with Gasteiger partial charge in [-0.1, -0.05) is 0 Å². The number of carbonyl (C=O) groups is 1. The van der Waals surface area contributed by atoms with Gasteiger partial charge < -0.3 is 14.4 Å². The molecule has 0 N–H and O–H groups in total. The number of ether oxygens (including phenoxy) is 2. The topological polar surface area (TPSA) is 66.7 Å². The second-order valence-corrected chi connectivity index (χ2v) is 7.15. The molecule has 29 heavy (non-hydrogen) atoms. The van der Waals surface area contributed by atoms with E-state index in [1.807, 2.05) is 6.92 Å². The lowest BCUT2D eigenvalue weighted by molar-refractivity contribution is -0.201. The van der Waals surface area contributed by atoms with Gasteiger partial charge in [0.05, 0.1) is 19.4 Å². The van der Waals surface area contributed by atoms with Crippen molar-refractivity contribution in [2.24, 2.45) is 9.98 Å². The van der Waals surface area contributed by atoms with Gasteiger partial charge in [-0.3, -0.25) is 4.90 Å². The Hall–Kier alpha value is -2.43. The quantitative estimate of drug-likeness (QED) is 0.667. The molecule has 0 spiro atoms. The molecule has 7 nitrogen and oxygen atoms in total. The molecule has 2 aliphatic rings. The van der Waals surface area contributed by atoms with E-state index in [0.717, 1.165) is 18.9 Å². The van der Waals surface area contributed by atoms with Crippen LogP contribution in [0.3, 0.4) is 0 Å². The minimum atomic E-state index is -5.07. The maximum absolute atomic E-state index is 14.0. The molecule has 3 rings (SSSR count). The normalized spacial score (nSPS) is 20.4. The van der Waals surface area contributed by atoms with Crippen LogP contribution in [0.5, 0.6) is 5.75 Å². The van der Waals surface area contributed by atoms with Crippen LogP contribution in [-0.2, 0) is 9.53 Å². The highest BCUT2D eigenvalue weighted by Gasteiger charge is 2.65. The highest BCUT2D eigenvalue weighted by molar-refractivity contribution is 8.15. The summed E-state index contributed by atoms with van der Waals surface area (Å²) in [6.07, 6.45) is -5.07. The fourth-order valence-corrected chi connectivity index (χ4v) is 4.17. The van der Waals surface area contributed by atoms with Crippen LogP contribution in [0.15, 0.2) is 33.1 Å². The second-order valence-electron chi connectivity index (χ2n) is 6.14. The Morgan fingerprint density at radius 2 is 1.93 bits per heavy atom. The Labute approximate surface area is 170 Å². The zero-order chi connectivity index (χ0) is 21.4. The van der Waals surface area contributed by atoms with Crippen molar-refractivity contribution >= 4 is 34.5 Å². The van der Waals surface area contributed by atoms with Crippen LogP contribution in [0, 0.1) is 0 Å². The molecule has 0 bridgehead atoms. The van der Waals surface area contributed by atoms with Crippen molar-refractivity contribution < 1.29 is 27.4 Å². The third-order valence-electron chi connectivity index (χ3n) is 4.51. The van der Waals surface area contributed by atoms with E-state index in [4.69, 9.17) is 4.74 Å². The minimum Gasteiger partial charge on any atom is -0.494 e. The number of rotatable bonds is 5. The van der Waals surface area contributed by atoms with Crippen LogP contribution in [0.2, 0.25) is 0 Å². The number of carbonyl (C=O) groups excluding carboxylic acids is 1. The third kappa shape index (κ3) is 3.41. The average molecular weight is 430 g/mol. The number of esters is 1. The molecule has 0 radical (unpaired) electrons. The van der Waals surface area contributed by atoms with Gasteiger partial charge in [0, 0.05) is 18.0 Å². The van der Waals surface area contributed by atoms with Crippen molar-refractivity contribution in [3.05, 3.63) is 18.2 Å². The number of halogens is 3. The lowest BCUT2D eigenvalue weighted by Crippen LogP contribution is -2.58. The number of amidine groups is 1. The Balaban J connectivity index is 2.21. The molecule has 0 aliphatic carbocycles. The predicted molar refractivity (Wildman–Crippen MR) is 105 cm³/mol. The van der Waals surface area contributed by atoms with Crippen molar-refractivity contribution in [2.45, 2.75) is 37.5 Å². The van der Waals surface area contributed by atoms with Crippen LogP contribution >= 0.6 is 11.8 Å². The van der Waals surface area contributed by atoms with Gasteiger partial charge in [0.1, 0.15) is 5.75 Å². The molecular formula is C18H21F3N4O3S. The van der Waals surface area contributed by atoms with Gasteiger partial charge in [-0.2, -0.15) is 13.2 Å². The molecule has 0 saturated carbocycles. The van der Waals surface area contributed by atoms with Crippen molar-refractivity contribution in [1.29, 1.82) is 0 Å². The van der Waals surface area contributed by atoms with Crippen LogP contribution in [0.4, 0.5) is 18.9 Å². The second kappa shape index (κ2) is 7.77. The van der Waals surface area contributed by atoms with Crippen LogP contribution in [-0.4, -0.2) is 60.6 Å². The predicted octanol–water partition coefficient (Wildman–Crippen LogP) is 3.50. The molecule has 158 valence electrons. The maximum atomic E-state index is 14.0. The van der Waals surface area contributed by atoms with Gasteiger partial charge in [0.2, 0.25) is 5.96 Å². The largest absolute Gasteiger partial charge is 0.494 e. The summed E-state index contributed by atoms with van der Waals surface area (Å²) in [7, 11) is 0.889. The zero-order valence-electron chi connectivity index (χ0n) is 16.4. The number of alkyl halides is 3. The van der Waals surface area contributed by atoms with E-state index >= 15 is 0 Å². The molecule has 0 fully saturated rings. The van der Waals surface area contributed by atoms with E-state index in [1.165, 1.54) is 4.90 Å². The number of thioether (sulfide) groups is 1. The zero-order valence-corrected chi connectivity index (χ0v) is 17.2. The SMILES string of the molecule is CCOc1ccc2c(c1)SC1=N[C@](C(=O)OC)(C(F)(F)F)N=C(N(CC)CC)N12.